The van der Waals surface area contributed by atoms with E-state index in [4.69, 9.17) is 26.3 Å². The highest BCUT2D eigenvalue weighted by molar-refractivity contribution is 7.17. The fourth-order valence-electron chi connectivity index (χ4n) is 5.59. The number of thiazole rings is 1. The molecule has 1 aromatic carbocycles. The summed E-state index contributed by atoms with van der Waals surface area (Å²) in [4.78, 5) is 48.9. The molecule has 2 aliphatic heterocycles. The number of carbonyl (C=O) groups is 2. The van der Waals surface area contributed by atoms with Gasteiger partial charge in [-0.25, -0.2) is 15.0 Å². The molecule has 0 spiro atoms. The van der Waals surface area contributed by atoms with Gasteiger partial charge in [0.15, 0.2) is 22.5 Å². The number of pyridine rings is 2. The Bertz CT molecular complexity index is 1830. The minimum atomic E-state index is -0.301. The van der Waals surface area contributed by atoms with Gasteiger partial charge in [-0.1, -0.05) is 41.1 Å². The molecule has 49 heavy (non-hydrogen) atoms. The highest BCUT2D eigenvalue weighted by atomic mass is 35.5. The number of aryl methyl sites for hydroxylation is 1. The van der Waals surface area contributed by atoms with E-state index in [1.807, 2.05) is 67.4 Å². The number of likely N-dealkylation sites (N-methyl/N-ethyl adjacent to an activating group) is 1. The van der Waals surface area contributed by atoms with E-state index in [-0.39, 0.29) is 11.8 Å². The largest absolute Gasteiger partial charge is 0.493 e. The third-order valence-electron chi connectivity index (χ3n) is 8.46. The predicted molar refractivity (Wildman–Crippen MR) is 197 cm³/mol. The van der Waals surface area contributed by atoms with Gasteiger partial charge in [0.25, 0.3) is 5.91 Å². The molecule has 14 heteroatoms. The number of para-hydroxylation sites is 1. The molecule has 2 aliphatic rings. The monoisotopic (exact) mass is 701 g/mol. The minimum Gasteiger partial charge on any atom is -0.493 e. The summed E-state index contributed by atoms with van der Waals surface area (Å²) in [6.07, 6.45) is 8.08. The second-order valence-electron chi connectivity index (χ2n) is 12.2. The lowest BCUT2D eigenvalue weighted by molar-refractivity contribution is -0.126. The molecule has 256 valence electrons. The molecule has 2 fully saturated rings. The maximum atomic E-state index is 13.0. The number of benzene rings is 1. The quantitative estimate of drug-likeness (QED) is 0.193. The van der Waals surface area contributed by atoms with E-state index in [1.165, 1.54) is 17.5 Å². The maximum Gasteiger partial charge on any atom is 0.267 e. The fraction of sp³-hybridized carbons (Fsp3) is 0.343. The lowest BCUT2D eigenvalue weighted by Crippen LogP contribution is -2.49. The third-order valence-corrected chi connectivity index (χ3v) is 9.68. The van der Waals surface area contributed by atoms with Crippen molar-refractivity contribution < 1.29 is 14.3 Å². The molecule has 5 heterocycles. The molecule has 2 N–H and O–H groups in total. The molecule has 4 aromatic rings. The molecule has 0 unspecified atom stereocenters. The summed E-state index contributed by atoms with van der Waals surface area (Å²) >= 11 is 7.51. The van der Waals surface area contributed by atoms with Crippen molar-refractivity contribution in [2.24, 2.45) is 0 Å². The average molecular weight is 702 g/mol. The average Bonchev–Trinajstić information content (AvgIpc) is 3.54. The van der Waals surface area contributed by atoms with Crippen LogP contribution in [0.15, 0.2) is 60.9 Å². The second-order valence-corrected chi connectivity index (χ2v) is 13.6. The molecule has 2 saturated heterocycles. The Hall–Kier alpha value is -4.72. The van der Waals surface area contributed by atoms with Gasteiger partial charge in [0, 0.05) is 63.6 Å². The molecule has 3 aromatic heterocycles. The number of hydrogen-bond donors (Lipinski definition) is 2. The van der Waals surface area contributed by atoms with Crippen LogP contribution in [0.2, 0.25) is 5.02 Å². The number of anilines is 5. The minimum absolute atomic E-state index is 0.0483. The van der Waals surface area contributed by atoms with Crippen molar-refractivity contribution in [3.8, 4) is 17.0 Å². The van der Waals surface area contributed by atoms with Crippen LogP contribution in [0.5, 0.6) is 5.75 Å². The van der Waals surface area contributed by atoms with E-state index >= 15 is 0 Å². The Kier molecular flexibility index (Phi) is 10.6. The summed E-state index contributed by atoms with van der Waals surface area (Å²) in [5.41, 5.74) is 4.09. The molecular formula is C35H40ClN9O3S. The number of halogens is 1. The number of nitrogens with zero attached hydrogens (tertiary/aromatic N) is 7. The van der Waals surface area contributed by atoms with Gasteiger partial charge < -0.3 is 35.0 Å². The molecule has 6 rings (SSSR count). The lowest BCUT2D eigenvalue weighted by atomic mass is 10.1. The summed E-state index contributed by atoms with van der Waals surface area (Å²) in [7, 11) is 5.54. The van der Waals surface area contributed by atoms with E-state index in [2.05, 4.69) is 31.5 Å². The van der Waals surface area contributed by atoms with Crippen molar-refractivity contribution in [1.82, 2.24) is 24.8 Å². The van der Waals surface area contributed by atoms with Crippen LogP contribution < -0.4 is 25.2 Å². The second kappa shape index (κ2) is 15.2. The van der Waals surface area contributed by atoms with Crippen LogP contribution in [0.1, 0.15) is 21.7 Å². The van der Waals surface area contributed by atoms with Gasteiger partial charge in [-0.15, -0.1) is 0 Å². The first kappa shape index (κ1) is 34.2. The number of nitrogens with one attached hydrogen (secondary N) is 2. The third kappa shape index (κ3) is 7.96. The normalized spacial score (nSPS) is 14.7. The number of piperazine rings is 1. The number of methoxy groups -OCH3 is 1. The first-order chi connectivity index (χ1) is 23.7. The molecule has 0 radical (unpaired) electrons. The van der Waals surface area contributed by atoms with Crippen LogP contribution in [0.25, 0.3) is 11.3 Å². The zero-order valence-corrected chi connectivity index (χ0v) is 29.6. The van der Waals surface area contributed by atoms with Crippen LogP contribution in [0.3, 0.4) is 0 Å². The van der Waals surface area contributed by atoms with Gasteiger partial charge in [0.2, 0.25) is 5.91 Å². The van der Waals surface area contributed by atoms with Gasteiger partial charge in [-0.3, -0.25) is 9.59 Å². The SMILES string of the molecule is COc1ccc(-c2cnc(N3CCN(C(=O)/C=C/CN(C)C)CC3)c(N3CCC3)c2)nc1Nc1ncc(C(=O)Nc2c(C)cccc2Cl)s1. The van der Waals surface area contributed by atoms with Crippen molar-refractivity contribution in [3.63, 3.8) is 0 Å². The first-order valence-electron chi connectivity index (χ1n) is 16.1. The van der Waals surface area contributed by atoms with E-state index in [0.29, 0.717) is 64.2 Å². The van der Waals surface area contributed by atoms with E-state index in [1.54, 1.807) is 19.3 Å². The Morgan fingerprint density at radius 2 is 1.84 bits per heavy atom. The van der Waals surface area contributed by atoms with Crippen molar-refractivity contribution in [2.75, 3.05) is 87.5 Å². The number of hydrogen-bond acceptors (Lipinski definition) is 11. The van der Waals surface area contributed by atoms with Crippen LogP contribution >= 0.6 is 22.9 Å². The summed E-state index contributed by atoms with van der Waals surface area (Å²) < 4.78 is 5.61. The lowest BCUT2D eigenvalue weighted by Gasteiger charge is -2.40. The van der Waals surface area contributed by atoms with Gasteiger partial charge in [0.05, 0.1) is 35.4 Å². The van der Waals surface area contributed by atoms with Gasteiger partial charge in [-0.05, 0) is 57.3 Å². The van der Waals surface area contributed by atoms with Crippen LogP contribution in [0.4, 0.5) is 28.1 Å². The molecule has 2 amide bonds. The Labute approximate surface area is 295 Å². The van der Waals surface area contributed by atoms with Crippen molar-refractivity contribution in [2.45, 2.75) is 13.3 Å². The highest BCUT2D eigenvalue weighted by Gasteiger charge is 2.27. The van der Waals surface area contributed by atoms with Gasteiger partial charge >= 0.3 is 0 Å². The number of ether oxygens (including phenoxy) is 1. The van der Waals surface area contributed by atoms with E-state index in [0.717, 1.165) is 48.7 Å². The number of rotatable bonds is 11. The zero-order chi connectivity index (χ0) is 34.5. The maximum absolute atomic E-state index is 13.0. The summed E-state index contributed by atoms with van der Waals surface area (Å²) in [6.45, 7) is 7.25. The zero-order valence-electron chi connectivity index (χ0n) is 28.1. The Morgan fingerprint density at radius 3 is 2.53 bits per heavy atom. The number of carbonyl (C=O) groups excluding carboxylic acids is 2. The molecule has 0 aliphatic carbocycles. The summed E-state index contributed by atoms with van der Waals surface area (Å²) in [5, 5.41) is 7.09. The predicted octanol–water partition coefficient (Wildman–Crippen LogP) is 5.54. The molecule has 0 atom stereocenters. The first-order valence-corrected chi connectivity index (χ1v) is 17.3. The topological polar surface area (TPSA) is 119 Å². The van der Waals surface area contributed by atoms with Crippen LogP contribution in [-0.2, 0) is 4.79 Å². The van der Waals surface area contributed by atoms with Crippen LogP contribution in [-0.4, -0.2) is 104 Å². The number of amides is 2. The van der Waals surface area contributed by atoms with Crippen molar-refractivity contribution in [1.29, 1.82) is 0 Å². The smallest absolute Gasteiger partial charge is 0.267 e. The molecule has 0 bridgehead atoms. The molecule has 0 saturated carbocycles. The summed E-state index contributed by atoms with van der Waals surface area (Å²) in [6, 6.07) is 11.4. The van der Waals surface area contributed by atoms with Gasteiger partial charge in [-0.2, -0.15) is 0 Å². The van der Waals surface area contributed by atoms with E-state index < -0.39 is 0 Å². The fourth-order valence-corrected chi connectivity index (χ4v) is 6.57. The highest BCUT2D eigenvalue weighted by Crippen LogP contribution is 2.37. The standard InChI is InChI=1S/C35H40ClN9O3S/c1-23-8-5-9-25(36)31(23)40-34(47)29-22-38-35(49-29)41-32-28(48-4)12-11-26(39-32)24-20-27(43-14-7-15-43)33(37-21-24)45-18-16-44(17-19-45)30(46)10-6-13-42(2)3/h5-6,8-12,20-22H,7,13-19H2,1-4H3,(H,40,47)(H,38,39,41)/b10-6+. The Balaban J connectivity index is 1.18. The van der Waals surface area contributed by atoms with Crippen LogP contribution in [0, 0.1) is 6.92 Å². The number of aromatic nitrogens is 3. The molecule has 12 nitrogen and oxygen atoms in total. The van der Waals surface area contributed by atoms with E-state index in [9.17, 15) is 9.59 Å². The molecular weight excluding hydrogens is 662 g/mol. The van der Waals surface area contributed by atoms with Gasteiger partial charge in [0.1, 0.15) is 4.88 Å². The summed E-state index contributed by atoms with van der Waals surface area (Å²) in [5.74, 6) is 1.68. The van der Waals surface area contributed by atoms with Crippen molar-refractivity contribution >= 4 is 62.9 Å². The van der Waals surface area contributed by atoms with Crippen molar-refractivity contribution in [3.05, 3.63) is 76.4 Å². The Morgan fingerprint density at radius 1 is 1.04 bits per heavy atom.